The van der Waals surface area contributed by atoms with Crippen LogP contribution in [0, 0.1) is 10.1 Å². The van der Waals surface area contributed by atoms with Gasteiger partial charge < -0.3 is 9.84 Å². The second-order valence-electron chi connectivity index (χ2n) is 3.70. The van der Waals surface area contributed by atoms with Crippen molar-refractivity contribution in [2.45, 2.75) is 19.4 Å². The third kappa shape index (κ3) is 4.14. The number of ketones is 1. The number of hydrogen-bond donors (Lipinski definition) is 1. The summed E-state index contributed by atoms with van der Waals surface area (Å²) >= 11 is 0. The number of rotatable bonds is 6. The molecule has 0 radical (unpaired) electrons. The van der Waals surface area contributed by atoms with Gasteiger partial charge in [-0.05, 0) is 19.1 Å². The first-order valence-electron chi connectivity index (χ1n) is 5.58. The first-order chi connectivity index (χ1) is 8.95. The lowest BCUT2D eigenvalue weighted by Gasteiger charge is -2.08. The summed E-state index contributed by atoms with van der Waals surface area (Å²) in [6.45, 7) is 1.70. The van der Waals surface area contributed by atoms with E-state index in [0.29, 0.717) is 0 Å². The second-order valence-corrected chi connectivity index (χ2v) is 3.70. The molecule has 7 heteroatoms. The number of aliphatic hydroxyl groups excluding tert-OH is 1. The normalized spacial score (nSPS) is 11.7. The number of benzene rings is 1. The van der Waals surface area contributed by atoms with Crippen LogP contribution in [0.5, 0.6) is 0 Å². The van der Waals surface area contributed by atoms with E-state index in [-0.39, 0.29) is 17.9 Å². The number of carbonyl (C=O) groups excluding carboxylic acids is 2. The molecule has 1 aromatic carbocycles. The lowest BCUT2D eigenvalue weighted by atomic mass is 10.0. The molecule has 0 aliphatic heterocycles. The molecule has 102 valence electrons. The smallest absolute Gasteiger partial charge is 0.335 e. The van der Waals surface area contributed by atoms with Crippen LogP contribution in [0.25, 0.3) is 0 Å². The van der Waals surface area contributed by atoms with Crippen molar-refractivity contribution in [2.24, 2.45) is 0 Å². The number of hydrogen-bond acceptors (Lipinski definition) is 6. The van der Waals surface area contributed by atoms with E-state index in [1.165, 1.54) is 24.3 Å². The van der Waals surface area contributed by atoms with E-state index < -0.39 is 29.2 Å². The zero-order valence-corrected chi connectivity index (χ0v) is 10.2. The number of nitro benzene ring substituents is 1. The largest absolute Gasteiger partial charge is 0.464 e. The summed E-state index contributed by atoms with van der Waals surface area (Å²) in [7, 11) is 0. The van der Waals surface area contributed by atoms with Crippen LogP contribution in [-0.4, -0.2) is 34.5 Å². The van der Waals surface area contributed by atoms with Gasteiger partial charge in [0.2, 0.25) is 0 Å². The van der Waals surface area contributed by atoms with Crippen molar-refractivity contribution in [1.82, 2.24) is 0 Å². The Balaban J connectivity index is 2.68. The molecule has 7 nitrogen and oxygen atoms in total. The third-order valence-electron chi connectivity index (χ3n) is 2.34. The Morgan fingerprint density at radius 1 is 1.37 bits per heavy atom. The number of Topliss-reactive ketones (excluding diaryl/α,β-unsaturated/α-hetero) is 1. The summed E-state index contributed by atoms with van der Waals surface area (Å²) < 4.78 is 4.56. The van der Waals surface area contributed by atoms with Crippen LogP contribution >= 0.6 is 0 Å². The maximum atomic E-state index is 11.7. The lowest BCUT2D eigenvalue weighted by Crippen LogP contribution is -2.26. The number of non-ortho nitro benzene ring substituents is 1. The minimum atomic E-state index is -1.53. The average molecular weight is 267 g/mol. The van der Waals surface area contributed by atoms with Gasteiger partial charge in [0, 0.05) is 24.1 Å². The van der Waals surface area contributed by atoms with E-state index >= 15 is 0 Å². The van der Waals surface area contributed by atoms with E-state index in [0.717, 1.165) is 0 Å². The molecular weight excluding hydrogens is 254 g/mol. The van der Waals surface area contributed by atoms with Crippen molar-refractivity contribution in [2.75, 3.05) is 6.61 Å². The van der Waals surface area contributed by atoms with Crippen LogP contribution in [0.2, 0.25) is 0 Å². The Kier molecular flexibility index (Phi) is 5.13. The predicted molar refractivity (Wildman–Crippen MR) is 64.7 cm³/mol. The fourth-order valence-corrected chi connectivity index (χ4v) is 1.38. The van der Waals surface area contributed by atoms with E-state index in [4.69, 9.17) is 0 Å². The first-order valence-corrected chi connectivity index (χ1v) is 5.58. The highest BCUT2D eigenvalue weighted by molar-refractivity contribution is 5.98. The van der Waals surface area contributed by atoms with Gasteiger partial charge in [-0.2, -0.15) is 0 Å². The monoisotopic (exact) mass is 267 g/mol. The number of nitrogens with zero attached hydrogens (tertiary/aromatic N) is 1. The Hall–Kier alpha value is -2.28. The summed E-state index contributed by atoms with van der Waals surface area (Å²) in [5.41, 5.74) is 0.0523. The van der Waals surface area contributed by atoms with E-state index in [9.17, 15) is 24.8 Å². The first kappa shape index (κ1) is 14.8. The zero-order chi connectivity index (χ0) is 14.4. The molecule has 0 fully saturated rings. The van der Waals surface area contributed by atoms with Gasteiger partial charge >= 0.3 is 5.97 Å². The molecule has 0 aliphatic carbocycles. The maximum Gasteiger partial charge on any atom is 0.335 e. The zero-order valence-electron chi connectivity index (χ0n) is 10.2. The topological polar surface area (TPSA) is 107 Å². The van der Waals surface area contributed by atoms with Crippen LogP contribution in [0.15, 0.2) is 24.3 Å². The van der Waals surface area contributed by atoms with Gasteiger partial charge in [0.1, 0.15) is 0 Å². The molecule has 1 N–H and O–H groups in total. The van der Waals surface area contributed by atoms with Crippen LogP contribution in [0.3, 0.4) is 0 Å². The number of esters is 1. The molecule has 0 saturated heterocycles. The van der Waals surface area contributed by atoms with Crippen molar-refractivity contribution >= 4 is 17.4 Å². The maximum absolute atomic E-state index is 11.7. The van der Waals surface area contributed by atoms with Gasteiger partial charge in [0.25, 0.3) is 5.69 Å². The molecule has 0 aromatic heterocycles. The van der Waals surface area contributed by atoms with Crippen molar-refractivity contribution < 1.29 is 24.4 Å². The summed E-state index contributed by atoms with van der Waals surface area (Å²) in [6.07, 6.45) is -1.95. The minimum Gasteiger partial charge on any atom is -0.464 e. The molecule has 1 atom stereocenters. The van der Waals surface area contributed by atoms with Crippen LogP contribution in [0.1, 0.15) is 23.7 Å². The highest BCUT2D eigenvalue weighted by atomic mass is 16.6. The summed E-state index contributed by atoms with van der Waals surface area (Å²) in [6, 6.07) is 4.92. The highest BCUT2D eigenvalue weighted by Gasteiger charge is 2.21. The highest BCUT2D eigenvalue weighted by Crippen LogP contribution is 2.14. The molecule has 19 heavy (non-hydrogen) atoms. The summed E-state index contributed by atoms with van der Waals surface area (Å²) in [5, 5.41) is 19.9. The second kappa shape index (κ2) is 6.60. The number of aliphatic hydroxyl groups is 1. The molecule has 1 aromatic rings. The number of carbonyl (C=O) groups is 2. The molecule has 1 unspecified atom stereocenters. The van der Waals surface area contributed by atoms with E-state index in [1.54, 1.807) is 6.92 Å². The molecular formula is C12H13NO6. The van der Waals surface area contributed by atoms with Crippen molar-refractivity contribution in [3.63, 3.8) is 0 Å². The Morgan fingerprint density at radius 3 is 2.42 bits per heavy atom. The molecule has 0 amide bonds. The Bertz CT molecular complexity index is 481. The van der Waals surface area contributed by atoms with Crippen molar-refractivity contribution in [3.8, 4) is 0 Å². The fraction of sp³-hybridized carbons (Fsp3) is 0.333. The standard InChI is InChI=1S/C12H13NO6/c1-2-19-12(16)11(15)7-10(14)8-3-5-9(6-4-8)13(17)18/h3-6,11,15H,2,7H2,1H3. The van der Waals surface area contributed by atoms with Crippen LogP contribution < -0.4 is 0 Å². The van der Waals surface area contributed by atoms with Gasteiger partial charge in [-0.25, -0.2) is 4.79 Å². The molecule has 1 rings (SSSR count). The van der Waals surface area contributed by atoms with Gasteiger partial charge in [-0.1, -0.05) is 0 Å². The van der Waals surface area contributed by atoms with Crippen molar-refractivity contribution in [1.29, 1.82) is 0 Å². The van der Waals surface area contributed by atoms with Crippen molar-refractivity contribution in [3.05, 3.63) is 39.9 Å². The Morgan fingerprint density at radius 2 is 1.95 bits per heavy atom. The number of ether oxygens (including phenoxy) is 1. The third-order valence-corrected chi connectivity index (χ3v) is 2.34. The summed E-state index contributed by atoms with van der Waals surface area (Å²) in [4.78, 5) is 32.7. The van der Waals surface area contributed by atoms with Gasteiger partial charge in [0.15, 0.2) is 11.9 Å². The molecule has 0 heterocycles. The molecule has 0 bridgehead atoms. The fourth-order valence-electron chi connectivity index (χ4n) is 1.38. The van der Waals surface area contributed by atoms with Crippen LogP contribution in [-0.2, 0) is 9.53 Å². The SMILES string of the molecule is CCOC(=O)C(O)CC(=O)c1ccc([N+](=O)[O-])cc1. The number of nitro groups is 1. The van der Waals surface area contributed by atoms with E-state index in [1.807, 2.05) is 0 Å². The van der Waals surface area contributed by atoms with E-state index in [2.05, 4.69) is 4.74 Å². The minimum absolute atomic E-state index is 0.113. The van der Waals surface area contributed by atoms with Gasteiger partial charge in [-0.3, -0.25) is 14.9 Å². The predicted octanol–water partition coefficient (Wildman–Crippen LogP) is 1.09. The molecule has 0 saturated carbocycles. The quantitative estimate of drug-likeness (QED) is 0.358. The Labute approximate surface area is 109 Å². The molecule has 0 aliphatic rings. The average Bonchev–Trinajstić information content (AvgIpc) is 2.38. The lowest BCUT2D eigenvalue weighted by molar-refractivity contribution is -0.384. The van der Waals surface area contributed by atoms with Crippen LogP contribution in [0.4, 0.5) is 5.69 Å². The van der Waals surface area contributed by atoms with Gasteiger partial charge in [0.05, 0.1) is 11.5 Å². The summed E-state index contributed by atoms with van der Waals surface area (Å²) in [5.74, 6) is -1.35. The van der Waals surface area contributed by atoms with Gasteiger partial charge in [-0.15, -0.1) is 0 Å². The molecule has 0 spiro atoms.